The van der Waals surface area contributed by atoms with Crippen molar-refractivity contribution in [2.75, 3.05) is 5.32 Å². The topological polar surface area (TPSA) is 79.3 Å². The van der Waals surface area contributed by atoms with Gasteiger partial charge in [-0.25, -0.2) is 4.98 Å². The molecule has 0 bridgehead atoms. The second-order valence-electron chi connectivity index (χ2n) is 5.14. The number of aliphatic carboxylic acids is 1. The molecule has 0 saturated heterocycles. The number of carbonyl (C=O) groups is 2. The van der Waals surface area contributed by atoms with Gasteiger partial charge < -0.3 is 5.11 Å². The second-order valence-corrected chi connectivity index (χ2v) is 6.00. The average Bonchev–Trinajstić information content (AvgIpc) is 2.66. The fourth-order valence-corrected chi connectivity index (χ4v) is 3.05. The highest BCUT2D eigenvalue weighted by Gasteiger charge is 2.63. The molecule has 1 fully saturated rings. The molecule has 2 atom stereocenters. The lowest BCUT2D eigenvalue weighted by molar-refractivity contribution is -0.167. The van der Waals surface area contributed by atoms with E-state index in [4.69, 9.17) is 5.11 Å². The highest BCUT2D eigenvalue weighted by atomic mass is 32.1. The molecule has 0 aromatic carbocycles. The third-order valence-electron chi connectivity index (χ3n) is 3.41. The fraction of sp³-hybridized carbons (Fsp3) is 0.545. The lowest BCUT2D eigenvalue weighted by atomic mass is 10.1. The van der Waals surface area contributed by atoms with Gasteiger partial charge in [-0.2, -0.15) is 13.2 Å². The first-order chi connectivity index (χ1) is 9.05. The number of amides is 1. The maximum atomic E-state index is 12.1. The molecule has 0 unspecified atom stereocenters. The highest BCUT2D eigenvalue weighted by Crippen LogP contribution is 2.64. The summed E-state index contributed by atoms with van der Waals surface area (Å²) in [4.78, 5) is 25.7. The number of aromatic nitrogens is 1. The summed E-state index contributed by atoms with van der Waals surface area (Å²) in [6.07, 6.45) is -4.98. The zero-order valence-corrected chi connectivity index (χ0v) is 11.3. The molecule has 1 aliphatic rings. The Kier molecular flexibility index (Phi) is 3.28. The molecule has 1 heterocycles. The van der Waals surface area contributed by atoms with Crippen LogP contribution in [-0.2, 0) is 9.59 Å². The standard InChI is InChI=1S/C11H11F3N2O3S/c1-10(2)5(6(10)7(17)18)4-3-20-9(15-4)16-8(19)11(12,13)14/h3,5-6H,1-2H3,(H,17,18)(H,15,16,19)/t5-,6-/m0/s1. The third-order valence-corrected chi connectivity index (χ3v) is 4.19. The predicted octanol–water partition coefficient (Wildman–Crippen LogP) is 2.47. The van der Waals surface area contributed by atoms with Crippen LogP contribution in [0.3, 0.4) is 0 Å². The summed E-state index contributed by atoms with van der Waals surface area (Å²) in [5.74, 6) is -4.03. The molecule has 2 N–H and O–H groups in total. The summed E-state index contributed by atoms with van der Waals surface area (Å²) >= 11 is 0.841. The van der Waals surface area contributed by atoms with E-state index >= 15 is 0 Å². The molecule has 2 rings (SSSR count). The fourth-order valence-electron chi connectivity index (χ4n) is 2.31. The van der Waals surface area contributed by atoms with Gasteiger partial charge in [-0.05, 0) is 5.41 Å². The molecule has 110 valence electrons. The minimum Gasteiger partial charge on any atom is -0.481 e. The van der Waals surface area contributed by atoms with Gasteiger partial charge in [0.05, 0.1) is 11.6 Å². The van der Waals surface area contributed by atoms with Crippen molar-refractivity contribution < 1.29 is 27.9 Å². The quantitative estimate of drug-likeness (QED) is 0.899. The lowest BCUT2D eigenvalue weighted by Gasteiger charge is -2.04. The number of rotatable bonds is 3. The predicted molar refractivity (Wildman–Crippen MR) is 64.4 cm³/mol. The lowest BCUT2D eigenvalue weighted by Crippen LogP contribution is -2.29. The van der Waals surface area contributed by atoms with Crippen molar-refractivity contribution in [2.24, 2.45) is 11.3 Å². The summed E-state index contributed by atoms with van der Waals surface area (Å²) in [7, 11) is 0. The average molecular weight is 308 g/mol. The van der Waals surface area contributed by atoms with Crippen molar-refractivity contribution >= 4 is 28.3 Å². The van der Waals surface area contributed by atoms with Crippen LogP contribution in [0.5, 0.6) is 0 Å². The molecule has 5 nitrogen and oxygen atoms in total. The Balaban J connectivity index is 2.12. The zero-order chi connectivity index (χ0) is 15.3. The van der Waals surface area contributed by atoms with Crippen molar-refractivity contribution in [3.8, 4) is 0 Å². The van der Waals surface area contributed by atoms with Gasteiger partial charge in [0.15, 0.2) is 5.13 Å². The monoisotopic (exact) mass is 308 g/mol. The number of halogens is 3. The highest BCUT2D eigenvalue weighted by molar-refractivity contribution is 7.14. The number of nitrogens with zero attached hydrogens (tertiary/aromatic N) is 1. The number of hydrogen-bond acceptors (Lipinski definition) is 4. The molecule has 0 spiro atoms. The zero-order valence-electron chi connectivity index (χ0n) is 10.5. The van der Waals surface area contributed by atoms with Gasteiger partial charge in [-0.3, -0.25) is 14.9 Å². The van der Waals surface area contributed by atoms with E-state index in [2.05, 4.69) is 4.98 Å². The normalized spacial score (nSPS) is 24.2. The number of alkyl halides is 3. The molecule has 1 saturated carbocycles. The van der Waals surface area contributed by atoms with Gasteiger partial charge in [-0.15, -0.1) is 11.3 Å². The van der Waals surface area contributed by atoms with Crippen molar-refractivity contribution in [3.63, 3.8) is 0 Å². The number of carbonyl (C=O) groups excluding carboxylic acids is 1. The summed E-state index contributed by atoms with van der Waals surface area (Å²) in [5, 5.41) is 12.0. The number of thiazole rings is 1. The first-order valence-corrected chi connectivity index (χ1v) is 6.49. The van der Waals surface area contributed by atoms with Crippen molar-refractivity contribution in [2.45, 2.75) is 25.9 Å². The maximum Gasteiger partial charge on any atom is 0.471 e. The molecule has 1 aromatic heterocycles. The molecule has 1 aliphatic carbocycles. The summed E-state index contributed by atoms with van der Waals surface area (Å²) < 4.78 is 36.3. The Hall–Kier alpha value is -1.64. The van der Waals surface area contributed by atoms with Crippen LogP contribution in [0.15, 0.2) is 5.38 Å². The van der Waals surface area contributed by atoms with Crippen molar-refractivity contribution in [1.29, 1.82) is 0 Å². The van der Waals surface area contributed by atoms with E-state index in [0.29, 0.717) is 5.69 Å². The number of carboxylic acid groups (broad SMARTS) is 1. The van der Waals surface area contributed by atoms with Crippen molar-refractivity contribution in [1.82, 2.24) is 4.98 Å². The van der Waals surface area contributed by atoms with E-state index in [1.807, 2.05) is 0 Å². The Morgan fingerprint density at radius 1 is 1.45 bits per heavy atom. The SMILES string of the molecule is CC1(C)[C@H](C(=O)O)[C@@H]1c1csc(NC(=O)C(F)(F)F)n1. The Morgan fingerprint density at radius 3 is 2.50 bits per heavy atom. The van der Waals surface area contributed by atoms with E-state index in [1.165, 1.54) is 5.38 Å². The van der Waals surface area contributed by atoms with E-state index < -0.39 is 29.4 Å². The Bertz CT molecular complexity index is 568. The first-order valence-electron chi connectivity index (χ1n) is 5.61. The summed E-state index contributed by atoms with van der Waals surface area (Å²) in [6.45, 7) is 3.51. The van der Waals surface area contributed by atoms with E-state index in [1.54, 1.807) is 19.2 Å². The van der Waals surface area contributed by atoms with Crippen LogP contribution in [-0.4, -0.2) is 28.1 Å². The number of anilines is 1. The minimum absolute atomic E-state index is 0.186. The van der Waals surface area contributed by atoms with Crippen LogP contribution in [0.4, 0.5) is 18.3 Å². The van der Waals surface area contributed by atoms with Crippen LogP contribution < -0.4 is 5.32 Å². The van der Waals surface area contributed by atoms with Crippen LogP contribution >= 0.6 is 11.3 Å². The molecular weight excluding hydrogens is 297 g/mol. The van der Waals surface area contributed by atoms with Crippen LogP contribution in [0.25, 0.3) is 0 Å². The minimum atomic E-state index is -4.98. The van der Waals surface area contributed by atoms with Crippen LogP contribution in [0, 0.1) is 11.3 Å². The van der Waals surface area contributed by atoms with Gasteiger partial charge in [0.2, 0.25) is 0 Å². The van der Waals surface area contributed by atoms with Gasteiger partial charge >= 0.3 is 18.1 Å². The molecular formula is C11H11F3N2O3S. The first kappa shape index (κ1) is 14.8. The van der Waals surface area contributed by atoms with E-state index in [9.17, 15) is 22.8 Å². The Morgan fingerprint density at radius 2 is 2.05 bits per heavy atom. The maximum absolute atomic E-state index is 12.1. The van der Waals surface area contributed by atoms with Crippen LogP contribution in [0.2, 0.25) is 0 Å². The van der Waals surface area contributed by atoms with E-state index in [0.717, 1.165) is 11.3 Å². The molecule has 0 aliphatic heterocycles. The molecule has 20 heavy (non-hydrogen) atoms. The molecule has 1 amide bonds. The molecule has 0 radical (unpaired) electrons. The summed E-state index contributed by atoms with van der Waals surface area (Å²) in [5.41, 5.74) is -0.101. The second kappa shape index (κ2) is 4.44. The smallest absolute Gasteiger partial charge is 0.471 e. The van der Waals surface area contributed by atoms with Crippen molar-refractivity contribution in [3.05, 3.63) is 11.1 Å². The van der Waals surface area contributed by atoms with Crippen LogP contribution in [0.1, 0.15) is 25.5 Å². The van der Waals surface area contributed by atoms with Gasteiger partial charge in [-0.1, -0.05) is 13.8 Å². The third kappa shape index (κ3) is 2.49. The molecule has 9 heteroatoms. The van der Waals surface area contributed by atoms with E-state index in [-0.39, 0.29) is 11.0 Å². The number of nitrogens with one attached hydrogen (secondary N) is 1. The molecule has 1 aromatic rings. The largest absolute Gasteiger partial charge is 0.481 e. The van der Waals surface area contributed by atoms with Gasteiger partial charge in [0.1, 0.15) is 0 Å². The number of hydrogen-bond donors (Lipinski definition) is 2. The van der Waals surface area contributed by atoms with Gasteiger partial charge in [0, 0.05) is 11.3 Å². The number of carboxylic acids is 1. The summed E-state index contributed by atoms with van der Waals surface area (Å²) in [6, 6.07) is 0. The Labute approximate surface area is 115 Å². The van der Waals surface area contributed by atoms with Gasteiger partial charge in [0.25, 0.3) is 0 Å².